The van der Waals surface area contributed by atoms with Crippen molar-refractivity contribution in [3.05, 3.63) is 53.6 Å². The highest BCUT2D eigenvalue weighted by atomic mass is 16.5. The molecule has 2 aromatic rings. The van der Waals surface area contributed by atoms with Gasteiger partial charge in [0.05, 0.1) is 13.5 Å². The van der Waals surface area contributed by atoms with Crippen molar-refractivity contribution in [2.75, 3.05) is 13.7 Å². The number of nitrogens with zero attached hydrogens (tertiary/aromatic N) is 1. The number of carbonyl (C=O) groups is 2. The molecule has 0 atom stereocenters. The average Bonchev–Trinajstić information content (AvgIpc) is 2.68. The van der Waals surface area contributed by atoms with E-state index in [1.807, 2.05) is 43.3 Å². The predicted octanol–water partition coefficient (Wildman–Crippen LogP) is 3.77. The van der Waals surface area contributed by atoms with Crippen molar-refractivity contribution in [2.24, 2.45) is 0 Å². The van der Waals surface area contributed by atoms with Gasteiger partial charge in [-0.2, -0.15) is 0 Å². The van der Waals surface area contributed by atoms with Crippen LogP contribution in [0.25, 0.3) is 11.1 Å². The first-order valence-electron chi connectivity index (χ1n) is 9.25. The van der Waals surface area contributed by atoms with Crippen LogP contribution in [0, 0.1) is 5.41 Å². The zero-order valence-corrected chi connectivity index (χ0v) is 16.3. The van der Waals surface area contributed by atoms with E-state index in [1.165, 1.54) is 4.90 Å². The van der Waals surface area contributed by atoms with Gasteiger partial charge in [-0.05, 0) is 54.2 Å². The monoisotopic (exact) mass is 382 g/mol. The van der Waals surface area contributed by atoms with E-state index in [4.69, 9.17) is 15.3 Å². The van der Waals surface area contributed by atoms with E-state index in [2.05, 4.69) is 0 Å². The van der Waals surface area contributed by atoms with E-state index < -0.39 is 5.97 Å². The lowest BCUT2D eigenvalue weighted by atomic mass is 9.99. The molecule has 0 fully saturated rings. The molecule has 2 rings (SSSR count). The molecule has 148 valence electrons. The lowest BCUT2D eigenvalue weighted by molar-refractivity contribution is -0.136. The van der Waals surface area contributed by atoms with E-state index in [0.29, 0.717) is 36.5 Å². The topological polar surface area (TPSA) is 90.7 Å². The third-order valence-corrected chi connectivity index (χ3v) is 4.54. The first-order chi connectivity index (χ1) is 13.5. The molecule has 0 spiro atoms. The van der Waals surface area contributed by atoms with Gasteiger partial charge in [-0.3, -0.25) is 15.0 Å². The van der Waals surface area contributed by atoms with Crippen LogP contribution in [0.3, 0.4) is 0 Å². The van der Waals surface area contributed by atoms with Crippen molar-refractivity contribution in [1.82, 2.24) is 4.90 Å². The van der Waals surface area contributed by atoms with Crippen molar-refractivity contribution in [3.8, 4) is 16.9 Å². The highest BCUT2D eigenvalue weighted by Crippen LogP contribution is 2.27. The van der Waals surface area contributed by atoms with Crippen molar-refractivity contribution in [2.45, 2.75) is 32.6 Å². The molecule has 0 heterocycles. The number of carboxylic acid groups (broad SMARTS) is 1. The van der Waals surface area contributed by atoms with Gasteiger partial charge in [-0.25, -0.2) is 0 Å². The molecule has 0 saturated carbocycles. The van der Waals surface area contributed by atoms with Crippen LogP contribution in [-0.2, 0) is 22.4 Å². The maximum absolute atomic E-state index is 11.0. The zero-order valence-electron chi connectivity index (χ0n) is 16.3. The number of carbonyl (C=O) groups excluding carboxylic acids is 1. The maximum Gasteiger partial charge on any atom is 0.307 e. The summed E-state index contributed by atoms with van der Waals surface area (Å²) in [7, 11) is 1.56. The minimum atomic E-state index is -0.878. The number of hydrogen-bond acceptors (Lipinski definition) is 4. The third kappa shape index (κ3) is 5.94. The molecule has 0 bridgehead atoms. The molecule has 0 unspecified atom stereocenters. The standard InChI is InChI=1S/C22H26N2O4/c1-3-24(15-25)21(23)6-4-5-16-7-9-18(10-8-16)19-11-17(13-22(26)27)12-20(14-19)28-2/h7-12,14-15,23H,3-6,13H2,1-2H3,(H,26,27). The lowest BCUT2D eigenvalue weighted by Gasteiger charge is -2.15. The number of aryl methyl sites for hydroxylation is 1. The Morgan fingerprint density at radius 1 is 1.14 bits per heavy atom. The Morgan fingerprint density at radius 3 is 2.43 bits per heavy atom. The summed E-state index contributed by atoms with van der Waals surface area (Å²) in [5.74, 6) is 0.0970. The smallest absolute Gasteiger partial charge is 0.307 e. The van der Waals surface area contributed by atoms with Gasteiger partial charge in [0, 0.05) is 13.0 Å². The fraction of sp³-hybridized carbons (Fsp3) is 0.318. The Morgan fingerprint density at radius 2 is 1.86 bits per heavy atom. The molecule has 0 aliphatic rings. The van der Waals surface area contributed by atoms with Gasteiger partial charge in [0.25, 0.3) is 0 Å². The summed E-state index contributed by atoms with van der Waals surface area (Å²) in [5, 5.41) is 16.9. The molecule has 0 aliphatic heterocycles. The average molecular weight is 382 g/mol. The van der Waals surface area contributed by atoms with E-state index in [9.17, 15) is 9.59 Å². The molecule has 0 aromatic heterocycles. The number of amidine groups is 1. The summed E-state index contributed by atoms with van der Waals surface area (Å²) in [6.45, 7) is 2.36. The number of amides is 1. The molecule has 28 heavy (non-hydrogen) atoms. The fourth-order valence-electron chi connectivity index (χ4n) is 3.02. The van der Waals surface area contributed by atoms with Gasteiger partial charge in [0.1, 0.15) is 11.6 Å². The van der Waals surface area contributed by atoms with Crippen LogP contribution in [0.2, 0.25) is 0 Å². The number of benzene rings is 2. The summed E-state index contributed by atoms with van der Waals surface area (Å²) in [5.41, 5.74) is 3.74. The second-order valence-electron chi connectivity index (χ2n) is 6.53. The Labute approximate surface area is 165 Å². The Hall–Kier alpha value is -3.15. The molecule has 1 amide bonds. The predicted molar refractivity (Wildman–Crippen MR) is 109 cm³/mol. The number of ether oxygens (including phenoxy) is 1. The van der Waals surface area contributed by atoms with Crippen LogP contribution in [0.5, 0.6) is 5.75 Å². The minimum Gasteiger partial charge on any atom is -0.497 e. The maximum atomic E-state index is 11.0. The number of aliphatic carboxylic acids is 1. The van der Waals surface area contributed by atoms with Crippen LogP contribution in [0.1, 0.15) is 30.9 Å². The highest BCUT2D eigenvalue weighted by Gasteiger charge is 2.08. The molecular weight excluding hydrogens is 356 g/mol. The summed E-state index contributed by atoms with van der Waals surface area (Å²) < 4.78 is 5.29. The van der Waals surface area contributed by atoms with Gasteiger partial charge < -0.3 is 14.7 Å². The van der Waals surface area contributed by atoms with E-state index in [0.717, 1.165) is 29.5 Å². The van der Waals surface area contributed by atoms with Gasteiger partial charge in [0.15, 0.2) is 0 Å². The van der Waals surface area contributed by atoms with Crippen molar-refractivity contribution < 1.29 is 19.4 Å². The first kappa shape index (κ1) is 21.2. The highest BCUT2D eigenvalue weighted by molar-refractivity contribution is 5.88. The molecule has 0 saturated heterocycles. The summed E-state index contributed by atoms with van der Waals surface area (Å²) in [6, 6.07) is 13.6. The normalized spacial score (nSPS) is 10.4. The Bertz CT molecular complexity index is 831. The molecule has 2 aromatic carbocycles. The van der Waals surface area contributed by atoms with Gasteiger partial charge in [-0.15, -0.1) is 0 Å². The fourth-order valence-corrected chi connectivity index (χ4v) is 3.02. The Balaban J connectivity index is 2.05. The van der Waals surface area contributed by atoms with Gasteiger partial charge in [-0.1, -0.05) is 30.3 Å². The lowest BCUT2D eigenvalue weighted by Crippen LogP contribution is -2.28. The van der Waals surface area contributed by atoms with Crippen LogP contribution in [-0.4, -0.2) is 41.9 Å². The van der Waals surface area contributed by atoms with Crippen LogP contribution >= 0.6 is 0 Å². The van der Waals surface area contributed by atoms with E-state index >= 15 is 0 Å². The number of methoxy groups -OCH3 is 1. The molecule has 6 nitrogen and oxygen atoms in total. The van der Waals surface area contributed by atoms with Crippen LogP contribution in [0.4, 0.5) is 0 Å². The number of rotatable bonds is 10. The molecule has 2 N–H and O–H groups in total. The van der Waals surface area contributed by atoms with Crippen LogP contribution in [0.15, 0.2) is 42.5 Å². The second-order valence-corrected chi connectivity index (χ2v) is 6.53. The van der Waals surface area contributed by atoms with Crippen molar-refractivity contribution in [3.63, 3.8) is 0 Å². The van der Waals surface area contributed by atoms with Crippen molar-refractivity contribution >= 4 is 18.2 Å². The number of carboxylic acids is 1. The van der Waals surface area contributed by atoms with E-state index in [-0.39, 0.29) is 6.42 Å². The summed E-state index contributed by atoms with van der Waals surface area (Å²) in [6.07, 6.45) is 2.82. The molecule has 0 aliphatic carbocycles. The van der Waals surface area contributed by atoms with E-state index in [1.54, 1.807) is 13.2 Å². The molecular formula is C22H26N2O4. The largest absolute Gasteiger partial charge is 0.497 e. The zero-order chi connectivity index (χ0) is 20.5. The van der Waals surface area contributed by atoms with Crippen LogP contribution < -0.4 is 4.74 Å². The number of nitrogens with one attached hydrogen (secondary N) is 1. The molecule has 6 heteroatoms. The minimum absolute atomic E-state index is 0.0518. The Kier molecular flexibility index (Phi) is 7.75. The SMILES string of the molecule is CCN(C=O)C(=N)CCCc1ccc(-c2cc(CC(=O)O)cc(OC)c2)cc1. The third-order valence-electron chi connectivity index (χ3n) is 4.54. The van der Waals surface area contributed by atoms with Gasteiger partial charge in [0.2, 0.25) is 6.41 Å². The van der Waals surface area contributed by atoms with Gasteiger partial charge >= 0.3 is 5.97 Å². The number of hydrogen-bond donors (Lipinski definition) is 2. The molecule has 0 radical (unpaired) electrons. The summed E-state index contributed by atoms with van der Waals surface area (Å²) in [4.78, 5) is 23.3. The quantitative estimate of drug-likeness (QED) is 0.372. The second kappa shape index (κ2) is 10.3. The van der Waals surface area contributed by atoms with Crippen molar-refractivity contribution in [1.29, 1.82) is 5.41 Å². The summed E-state index contributed by atoms with van der Waals surface area (Å²) >= 11 is 0. The first-order valence-corrected chi connectivity index (χ1v) is 9.25.